The van der Waals surface area contributed by atoms with Crippen molar-refractivity contribution >= 4 is 29.3 Å². The Balaban J connectivity index is 1.72. The molecular formula is C24H26FN5OS. The molecule has 1 aromatic heterocycles. The highest BCUT2D eigenvalue weighted by atomic mass is 32.2. The highest BCUT2D eigenvalue weighted by Crippen LogP contribution is 2.36. The van der Waals surface area contributed by atoms with Gasteiger partial charge in [0, 0.05) is 17.1 Å². The molecule has 2 N–H and O–H groups in total. The van der Waals surface area contributed by atoms with Gasteiger partial charge in [0.1, 0.15) is 11.9 Å². The number of hydrogen-bond donors (Lipinski definition) is 2. The molecule has 0 spiro atoms. The van der Waals surface area contributed by atoms with Crippen LogP contribution in [-0.2, 0) is 4.79 Å². The second-order valence-electron chi connectivity index (χ2n) is 7.81. The second-order valence-corrected chi connectivity index (χ2v) is 8.87. The summed E-state index contributed by atoms with van der Waals surface area (Å²) in [5, 5.41) is 11.6. The van der Waals surface area contributed by atoms with E-state index in [-0.39, 0.29) is 11.7 Å². The maximum atomic E-state index is 13.6. The molecule has 166 valence electrons. The van der Waals surface area contributed by atoms with Crippen molar-refractivity contribution in [1.29, 1.82) is 0 Å². The maximum Gasteiger partial charge on any atom is 0.255 e. The molecule has 1 unspecified atom stereocenters. The van der Waals surface area contributed by atoms with Crippen LogP contribution >= 0.6 is 11.8 Å². The van der Waals surface area contributed by atoms with E-state index in [9.17, 15) is 9.18 Å². The number of halogens is 1. The van der Waals surface area contributed by atoms with Gasteiger partial charge in [-0.1, -0.05) is 49.4 Å². The Morgan fingerprint density at radius 3 is 2.72 bits per heavy atom. The van der Waals surface area contributed by atoms with E-state index in [1.165, 1.54) is 12.1 Å². The van der Waals surface area contributed by atoms with Crippen molar-refractivity contribution in [2.75, 3.05) is 16.4 Å². The molecule has 32 heavy (non-hydrogen) atoms. The van der Waals surface area contributed by atoms with Gasteiger partial charge < -0.3 is 10.6 Å². The lowest BCUT2D eigenvalue weighted by Crippen LogP contribution is -2.31. The molecule has 6 nitrogen and oxygen atoms in total. The Bertz CT molecular complexity index is 1160. The van der Waals surface area contributed by atoms with E-state index in [1.807, 2.05) is 38.1 Å². The van der Waals surface area contributed by atoms with Crippen molar-refractivity contribution in [3.63, 3.8) is 0 Å². The fourth-order valence-electron chi connectivity index (χ4n) is 3.67. The molecule has 1 amide bonds. The van der Waals surface area contributed by atoms with Gasteiger partial charge in [-0.15, -0.1) is 5.10 Å². The van der Waals surface area contributed by atoms with Gasteiger partial charge in [0.15, 0.2) is 0 Å². The fraction of sp³-hybridized carbons (Fsp3) is 0.292. The van der Waals surface area contributed by atoms with Crippen molar-refractivity contribution in [3.05, 3.63) is 76.7 Å². The minimum absolute atomic E-state index is 0.240. The third-order valence-corrected chi connectivity index (χ3v) is 6.19. The molecule has 2 aromatic carbocycles. The van der Waals surface area contributed by atoms with Crippen molar-refractivity contribution < 1.29 is 9.18 Å². The number of nitrogens with zero attached hydrogens (tertiary/aromatic N) is 3. The van der Waals surface area contributed by atoms with Gasteiger partial charge in [-0.2, -0.15) is 4.98 Å². The molecule has 3 aromatic rings. The number of thioether (sulfide) groups is 1. The van der Waals surface area contributed by atoms with Crippen molar-refractivity contribution in [2.24, 2.45) is 0 Å². The first kappa shape index (κ1) is 22.1. The molecule has 0 aliphatic carbocycles. The van der Waals surface area contributed by atoms with Crippen LogP contribution in [0.25, 0.3) is 0 Å². The van der Waals surface area contributed by atoms with E-state index < -0.39 is 6.04 Å². The van der Waals surface area contributed by atoms with Crippen LogP contribution in [0.15, 0.2) is 65.0 Å². The summed E-state index contributed by atoms with van der Waals surface area (Å²) in [6.45, 7) is 5.97. The van der Waals surface area contributed by atoms with Gasteiger partial charge >= 0.3 is 0 Å². The maximum absolute atomic E-state index is 13.6. The molecule has 0 fully saturated rings. The number of fused-ring (bicyclic) bond motifs is 1. The molecule has 8 heteroatoms. The lowest BCUT2D eigenvalue weighted by Gasteiger charge is -2.28. The van der Waals surface area contributed by atoms with Crippen LogP contribution in [0.2, 0.25) is 0 Å². The van der Waals surface area contributed by atoms with Crippen LogP contribution in [-0.4, -0.2) is 26.4 Å². The summed E-state index contributed by atoms with van der Waals surface area (Å²) >= 11 is 1.59. The minimum atomic E-state index is -0.523. The number of anilines is 2. The quantitative estimate of drug-likeness (QED) is 0.364. The fourth-order valence-corrected chi connectivity index (χ4v) is 4.58. The molecule has 0 saturated heterocycles. The minimum Gasteiger partial charge on any atom is -0.328 e. The highest BCUT2D eigenvalue weighted by Gasteiger charge is 2.34. The summed E-state index contributed by atoms with van der Waals surface area (Å²) in [5.41, 5.74) is 3.74. The summed E-state index contributed by atoms with van der Waals surface area (Å²) < 4.78 is 15.4. The zero-order chi connectivity index (χ0) is 22.7. The van der Waals surface area contributed by atoms with E-state index in [0.29, 0.717) is 28.1 Å². The number of carbonyl (C=O) groups excluding carboxylic acids is 1. The predicted octanol–water partition coefficient (Wildman–Crippen LogP) is 5.55. The van der Waals surface area contributed by atoms with E-state index >= 15 is 0 Å². The summed E-state index contributed by atoms with van der Waals surface area (Å²) in [5.74, 6) is 0.928. The first-order chi connectivity index (χ1) is 15.5. The van der Waals surface area contributed by atoms with Gasteiger partial charge in [0.05, 0.1) is 5.57 Å². The van der Waals surface area contributed by atoms with Crippen LogP contribution < -0.4 is 10.6 Å². The Hall–Kier alpha value is -3.13. The SMILES string of the molecule is CCCCSc1nc2n(n1)C(c1ccc(F)cc1)C(C(=O)Nc1cccc(C)c1)=C(C)N2. The number of unbranched alkanes of at least 4 members (excludes halogenated alkanes) is 1. The largest absolute Gasteiger partial charge is 0.328 e. The number of rotatable bonds is 7. The van der Waals surface area contributed by atoms with Crippen LogP contribution in [0.5, 0.6) is 0 Å². The third-order valence-electron chi connectivity index (χ3n) is 5.27. The molecule has 0 radical (unpaired) electrons. The van der Waals surface area contributed by atoms with Crippen LogP contribution in [0, 0.1) is 12.7 Å². The molecule has 0 saturated carbocycles. The lowest BCUT2D eigenvalue weighted by atomic mass is 9.95. The molecule has 1 atom stereocenters. The Morgan fingerprint density at radius 2 is 2.00 bits per heavy atom. The van der Waals surface area contributed by atoms with Crippen molar-refractivity contribution in [2.45, 2.75) is 44.8 Å². The van der Waals surface area contributed by atoms with E-state index in [0.717, 1.165) is 29.7 Å². The molecule has 1 aliphatic heterocycles. The first-order valence-corrected chi connectivity index (χ1v) is 11.7. The zero-order valence-corrected chi connectivity index (χ0v) is 19.2. The molecule has 0 bridgehead atoms. The number of nitrogens with one attached hydrogen (secondary N) is 2. The van der Waals surface area contributed by atoms with Crippen LogP contribution in [0.4, 0.5) is 16.0 Å². The van der Waals surface area contributed by atoms with Crippen LogP contribution in [0.1, 0.15) is 43.9 Å². The smallest absolute Gasteiger partial charge is 0.255 e. The third kappa shape index (κ3) is 4.70. The number of allylic oxidation sites excluding steroid dienone is 1. The van der Waals surface area contributed by atoms with Crippen molar-refractivity contribution in [3.8, 4) is 0 Å². The van der Waals surface area contributed by atoms with Gasteiger partial charge in [-0.25, -0.2) is 9.07 Å². The number of aromatic nitrogens is 3. The number of aryl methyl sites for hydroxylation is 1. The average molecular weight is 452 g/mol. The summed E-state index contributed by atoms with van der Waals surface area (Å²) in [6.07, 6.45) is 2.17. The molecule has 2 heterocycles. The van der Waals surface area contributed by atoms with Gasteiger partial charge in [-0.05, 0) is 55.7 Å². The van der Waals surface area contributed by atoms with Gasteiger partial charge in [0.2, 0.25) is 11.1 Å². The van der Waals surface area contributed by atoms with Crippen LogP contribution in [0.3, 0.4) is 0 Å². The predicted molar refractivity (Wildman–Crippen MR) is 126 cm³/mol. The summed E-state index contributed by atoms with van der Waals surface area (Å²) in [4.78, 5) is 18.0. The standard InChI is InChI=1S/C24H26FN5OS/c1-4-5-13-32-24-28-23-26-16(3)20(22(31)27-19-8-6-7-15(2)14-19)21(30(23)29-24)17-9-11-18(25)12-10-17/h6-12,14,21H,4-5,13H2,1-3H3,(H,27,31)(H,26,28,29). The van der Waals surface area contributed by atoms with Gasteiger partial charge in [-0.3, -0.25) is 4.79 Å². The molecule has 4 rings (SSSR count). The Labute approximate surface area is 191 Å². The van der Waals surface area contributed by atoms with Gasteiger partial charge in [0.25, 0.3) is 5.91 Å². The first-order valence-electron chi connectivity index (χ1n) is 10.7. The van der Waals surface area contributed by atoms with E-state index in [1.54, 1.807) is 28.6 Å². The number of hydrogen-bond acceptors (Lipinski definition) is 5. The topological polar surface area (TPSA) is 71.8 Å². The average Bonchev–Trinajstić information content (AvgIpc) is 3.16. The lowest BCUT2D eigenvalue weighted by molar-refractivity contribution is -0.113. The monoisotopic (exact) mass is 451 g/mol. The summed E-state index contributed by atoms with van der Waals surface area (Å²) in [6, 6.07) is 13.3. The van der Waals surface area contributed by atoms with E-state index in [4.69, 9.17) is 0 Å². The normalized spacial score (nSPS) is 15.3. The number of amides is 1. The highest BCUT2D eigenvalue weighted by molar-refractivity contribution is 7.99. The van der Waals surface area contributed by atoms with E-state index in [2.05, 4.69) is 27.6 Å². The summed E-state index contributed by atoms with van der Waals surface area (Å²) in [7, 11) is 0. The second kappa shape index (κ2) is 9.56. The number of carbonyl (C=O) groups is 1. The zero-order valence-electron chi connectivity index (χ0n) is 18.4. The molecule has 1 aliphatic rings. The molecular weight excluding hydrogens is 425 g/mol. The number of benzene rings is 2. The Kier molecular flexibility index (Phi) is 6.60. The van der Waals surface area contributed by atoms with Crippen molar-refractivity contribution in [1.82, 2.24) is 14.8 Å². The Morgan fingerprint density at radius 1 is 1.22 bits per heavy atom.